The molecular weight excluding hydrogens is 433 g/mol. The van der Waals surface area contributed by atoms with Gasteiger partial charge in [-0.05, 0) is 43.5 Å². The maximum Gasteiger partial charge on any atom is 0.416 e. The molecule has 0 radical (unpaired) electrons. The highest BCUT2D eigenvalue weighted by atomic mass is 19.4. The van der Waals surface area contributed by atoms with Crippen LogP contribution in [0.5, 0.6) is 5.88 Å². The van der Waals surface area contributed by atoms with Crippen molar-refractivity contribution in [3.05, 3.63) is 71.6 Å². The number of benzene rings is 1. The molecule has 0 amide bonds. The van der Waals surface area contributed by atoms with Crippen LogP contribution in [-0.2, 0) is 12.7 Å². The second-order valence-electron chi connectivity index (χ2n) is 7.98. The smallest absolute Gasteiger partial charge is 0.416 e. The summed E-state index contributed by atoms with van der Waals surface area (Å²) in [5.41, 5.74) is 2.05. The second-order valence-corrected chi connectivity index (χ2v) is 7.98. The minimum atomic E-state index is -4.39. The fourth-order valence-electron chi connectivity index (χ4n) is 4.16. The zero-order chi connectivity index (χ0) is 23.2. The first kappa shape index (κ1) is 21.2. The zero-order valence-corrected chi connectivity index (χ0v) is 18.0. The third-order valence-electron chi connectivity index (χ3n) is 5.74. The summed E-state index contributed by atoms with van der Waals surface area (Å²) in [6.45, 7) is 2.55. The summed E-state index contributed by atoms with van der Waals surface area (Å²) in [5.74, 6) is 1.19. The monoisotopic (exact) mass is 454 g/mol. The van der Waals surface area contributed by atoms with Crippen molar-refractivity contribution in [2.24, 2.45) is 0 Å². The van der Waals surface area contributed by atoms with Crippen LogP contribution in [0.1, 0.15) is 41.4 Å². The van der Waals surface area contributed by atoms with Crippen molar-refractivity contribution in [3.8, 4) is 23.1 Å². The first-order chi connectivity index (χ1) is 15.8. The Morgan fingerprint density at radius 2 is 1.97 bits per heavy atom. The van der Waals surface area contributed by atoms with Crippen LogP contribution in [0.2, 0.25) is 0 Å². The average Bonchev–Trinajstić information content (AvgIpc) is 3.44. The van der Waals surface area contributed by atoms with E-state index in [1.807, 2.05) is 23.8 Å². The molecule has 4 heterocycles. The summed E-state index contributed by atoms with van der Waals surface area (Å²) in [4.78, 5) is 13.5. The quantitative estimate of drug-likeness (QED) is 0.444. The lowest BCUT2D eigenvalue weighted by Gasteiger charge is -2.23. The highest BCUT2D eigenvalue weighted by molar-refractivity contribution is 5.55. The van der Waals surface area contributed by atoms with Gasteiger partial charge in [-0.2, -0.15) is 13.2 Å². The number of halogens is 3. The van der Waals surface area contributed by atoms with Gasteiger partial charge in [0.25, 0.3) is 0 Å². The topological polar surface area (TPSA) is 70.7 Å². The van der Waals surface area contributed by atoms with E-state index in [0.29, 0.717) is 41.8 Å². The summed E-state index contributed by atoms with van der Waals surface area (Å²) in [5, 5.41) is 4.60. The van der Waals surface area contributed by atoms with E-state index in [9.17, 15) is 13.2 Å². The molecule has 0 saturated heterocycles. The van der Waals surface area contributed by atoms with Crippen molar-refractivity contribution in [1.82, 2.24) is 29.3 Å². The minimum absolute atomic E-state index is 0.266. The van der Waals surface area contributed by atoms with Gasteiger partial charge in [0, 0.05) is 18.7 Å². The van der Waals surface area contributed by atoms with Crippen LogP contribution in [0, 0.1) is 6.92 Å². The van der Waals surface area contributed by atoms with E-state index >= 15 is 0 Å². The van der Waals surface area contributed by atoms with Gasteiger partial charge >= 0.3 is 6.18 Å². The number of aromatic nitrogens is 6. The number of imidazole rings is 1. The van der Waals surface area contributed by atoms with Crippen LogP contribution in [0.4, 0.5) is 13.2 Å². The number of aryl methyl sites for hydroxylation is 2. The Labute approximate surface area is 187 Å². The summed E-state index contributed by atoms with van der Waals surface area (Å²) >= 11 is 0. The molecule has 3 aromatic heterocycles. The number of pyridine rings is 1. The van der Waals surface area contributed by atoms with Crippen molar-refractivity contribution in [1.29, 1.82) is 0 Å². The van der Waals surface area contributed by atoms with E-state index in [1.165, 1.54) is 19.2 Å². The summed E-state index contributed by atoms with van der Waals surface area (Å²) in [6.07, 6.45) is 0.662. The van der Waals surface area contributed by atoms with E-state index in [2.05, 4.69) is 20.1 Å². The van der Waals surface area contributed by atoms with Gasteiger partial charge in [0.2, 0.25) is 5.88 Å². The highest BCUT2D eigenvalue weighted by Gasteiger charge is 2.33. The molecule has 0 bridgehead atoms. The van der Waals surface area contributed by atoms with E-state index in [0.717, 1.165) is 23.9 Å². The predicted molar refractivity (Wildman–Crippen MR) is 114 cm³/mol. The van der Waals surface area contributed by atoms with Crippen LogP contribution in [0.3, 0.4) is 0 Å². The van der Waals surface area contributed by atoms with E-state index in [4.69, 9.17) is 4.74 Å². The molecule has 0 fully saturated rings. The molecule has 1 aliphatic heterocycles. The molecule has 0 spiro atoms. The molecule has 0 aliphatic carbocycles. The maximum absolute atomic E-state index is 13.2. The van der Waals surface area contributed by atoms with E-state index in [-0.39, 0.29) is 5.92 Å². The van der Waals surface area contributed by atoms with Crippen LogP contribution in [-0.4, -0.2) is 36.4 Å². The van der Waals surface area contributed by atoms with Crippen LogP contribution >= 0.6 is 0 Å². The minimum Gasteiger partial charge on any atom is -0.479 e. The van der Waals surface area contributed by atoms with Crippen molar-refractivity contribution in [2.75, 3.05) is 7.11 Å². The third-order valence-corrected chi connectivity index (χ3v) is 5.74. The van der Waals surface area contributed by atoms with Gasteiger partial charge < -0.3 is 9.30 Å². The molecule has 10 heteroatoms. The molecule has 5 rings (SSSR count). The fraction of sp³-hybridized carbons (Fsp3) is 0.304. The maximum atomic E-state index is 13.2. The molecule has 170 valence electrons. The van der Waals surface area contributed by atoms with Gasteiger partial charge in [-0.3, -0.25) is 0 Å². The summed E-state index contributed by atoms with van der Waals surface area (Å²) < 4.78 is 48.7. The standard InChI is InChI=1S/C23H21F3N6O/c1-14-12-31(13-27-14)19-9-8-18(28-22(19)33-2)20-29-21-17(7-4-10-32(21)30-20)15-5-3-6-16(11-15)23(24,25)26/h3,5-6,8-9,11-13,17H,4,7,10H2,1-2H3/t17-/m1/s1. The number of methoxy groups -OCH3 is 1. The summed E-state index contributed by atoms with van der Waals surface area (Å²) in [6, 6.07) is 9.10. The van der Waals surface area contributed by atoms with Crippen molar-refractivity contribution in [2.45, 2.75) is 38.4 Å². The van der Waals surface area contributed by atoms with Crippen LogP contribution < -0.4 is 4.74 Å². The Balaban J connectivity index is 1.51. The van der Waals surface area contributed by atoms with E-state index < -0.39 is 11.7 Å². The molecule has 1 aliphatic rings. The Kier molecular flexibility index (Phi) is 5.15. The number of hydrogen-bond acceptors (Lipinski definition) is 5. The van der Waals surface area contributed by atoms with Gasteiger partial charge in [0.15, 0.2) is 5.82 Å². The number of nitrogens with zero attached hydrogens (tertiary/aromatic N) is 6. The molecule has 1 aromatic carbocycles. The van der Waals surface area contributed by atoms with Crippen molar-refractivity contribution >= 4 is 0 Å². The first-order valence-corrected chi connectivity index (χ1v) is 10.5. The number of hydrogen-bond donors (Lipinski definition) is 0. The fourth-order valence-corrected chi connectivity index (χ4v) is 4.16. The molecule has 0 saturated carbocycles. The van der Waals surface area contributed by atoms with Crippen molar-refractivity contribution < 1.29 is 17.9 Å². The molecule has 1 atom stereocenters. The SMILES string of the molecule is COc1nc(-c2nc3n(n2)CCC[C@@H]3c2cccc(C(F)(F)F)c2)ccc1-n1cnc(C)c1. The second kappa shape index (κ2) is 8.02. The van der Waals surface area contributed by atoms with Gasteiger partial charge in [-0.15, -0.1) is 5.10 Å². The molecule has 7 nitrogen and oxygen atoms in total. The number of alkyl halides is 3. The first-order valence-electron chi connectivity index (χ1n) is 10.5. The normalized spacial score (nSPS) is 16.0. The van der Waals surface area contributed by atoms with E-state index in [1.54, 1.807) is 23.1 Å². The lowest BCUT2D eigenvalue weighted by Crippen LogP contribution is -2.18. The molecular formula is C23H21F3N6O. The zero-order valence-electron chi connectivity index (χ0n) is 18.0. The summed E-state index contributed by atoms with van der Waals surface area (Å²) in [7, 11) is 1.54. The third kappa shape index (κ3) is 3.96. The largest absolute Gasteiger partial charge is 0.479 e. The average molecular weight is 454 g/mol. The van der Waals surface area contributed by atoms with Gasteiger partial charge in [-0.25, -0.2) is 19.6 Å². The Bertz CT molecular complexity index is 1310. The molecule has 0 unspecified atom stereocenters. The van der Waals surface area contributed by atoms with Crippen LogP contribution in [0.25, 0.3) is 17.2 Å². The number of ether oxygens (including phenoxy) is 1. The molecule has 0 N–H and O–H groups in total. The van der Waals surface area contributed by atoms with Crippen LogP contribution in [0.15, 0.2) is 48.9 Å². The van der Waals surface area contributed by atoms with Gasteiger partial charge in [0.1, 0.15) is 17.2 Å². The number of fused-ring (bicyclic) bond motifs is 1. The molecule has 4 aromatic rings. The lowest BCUT2D eigenvalue weighted by atomic mass is 9.90. The van der Waals surface area contributed by atoms with Gasteiger partial charge in [-0.1, -0.05) is 18.2 Å². The van der Waals surface area contributed by atoms with Crippen molar-refractivity contribution in [3.63, 3.8) is 0 Å². The van der Waals surface area contributed by atoms with Gasteiger partial charge in [0.05, 0.1) is 24.7 Å². The predicted octanol–water partition coefficient (Wildman–Crippen LogP) is 4.79. The lowest BCUT2D eigenvalue weighted by molar-refractivity contribution is -0.137. The Morgan fingerprint density at radius 1 is 1.12 bits per heavy atom. The Hall–Kier alpha value is -3.69. The molecule has 33 heavy (non-hydrogen) atoms. The number of rotatable bonds is 4. The highest BCUT2D eigenvalue weighted by Crippen LogP contribution is 2.37. The Morgan fingerprint density at radius 3 is 2.70 bits per heavy atom.